The Hall–Kier alpha value is -1.27. The van der Waals surface area contributed by atoms with E-state index in [0.717, 1.165) is 13.1 Å². The Morgan fingerprint density at radius 3 is 2.70 bits per heavy atom. The summed E-state index contributed by atoms with van der Waals surface area (Å²) in [4.78, 5) is 43.6. The number of morpholine rings is 1. The van der Waals surface area contributed by atoms with Gasteiger partial charge in [0, 0.05) is 31.0 Å². The van der Waals surface area contributed by atoms with E-state index in [1.165, 1.54) is 4.90 Å². The first-order valence-corrected chi connectivity index (χ1v) is 12.8. The average Bonchev–Trinajstić information content (AvgIpc) is 3.39. The molecule has 33 heavy (non-hydrogen) atoms. The molecule has 10 nitrogen and oxygen atoms in total. The predicted octanol–water partition coefficient (Wildman–Crippen LogP) is -0.483. The first-order valence-electron chi connectivity index (χ1n) is 11.9. The summed E-state index contributed by atoms with van der Waals surface area (Å²) < 4.78 is 17.0. The van der Waals surface area contributed by atoms with Crippen LogP contribution in [0.1, 0.15) is 26.7 Å². The highest BCUT2D eigenvalue weighted by atomic mass is 79.9. The van der Waals surface area contributed by atoms with E-state index in [1.54, 1.807) is 6.92 Å². The first kappa shape index (κ1) is 24.8. The number of nitrogens with one attached hydrogen (secondary N) is 1. The number of carbonyl (C=O) groups excluding carboxylic acids is 3. The Morgan fingerprint density at radius 1 is 1.33 bits per heavy atom. The molecule has 4 aliphatic rings. The van der Waals surface area contributed by atoms with Crippen molar-refractivity contribution in [2.75, 3.05) is 52.6 Å². The maximum Gasteiger partial charge on any atom is 0.312 e. The van der Waals surface area contributed by atoms with Gasteiger partial charge in [-0.1, -0.05) is 22.9 Å². The molecule has 0 aliphatic carbocycles. The third-order valence-corrected chi connectivity index (χ3v) is 8.29. The molecule has 11 heteroatoms. The zero-order valence-electron chi connectivity index (χ0n) is 19.2. The van der Waals surface area contributed by atoms with Crippen molar-refractivity contribution >= 4 is 33.7 Å². The Bertz CT molecular complexity index is 760. The van der Waals surface area contributed by atoms with Crippen LogP contribution in [0.25, 0.3) is 0 Å². The zero-order valence-corrected chi connectivity index (χ0v) is 20.8. The summed E-state index contributed by atoms with van der Waals surface area (Å²) in [7, 11) is 0. The van der Waals surface area contributed by atoms with Crippen LogP contribution >= 0.6 is 15.9 Å². The van der Waals surface area contributed by atoms with E-state index in [1.807, 2.05) is 6.92 Å². The van der Waals surface area contributed by atoms with E-state index >= 15 is 0 Å². The number of nitrogens with zero attached hydrogens (tertiary/aromatic N) is 2. The summed E-state index contributed by atoms with van der Waals surface area (Å²) in [6.45, 7) is 7.60. The van der Waals surface area contributed by atoms with Gasteiger partial charge < -0.3 is 29.5 Å². The van der Waals surface area contributed by atoms with Gasteiger partial charge in [0.05, 0.1) is 50.4 Å². The van der Waals surface area contributed by atoms with Crippen molar-refractivity contribution in [2.24, 2.45) is 11.8 Å². The van der Waals surface area contributed by atoms with Crippen molar-refractivity contribution in [3.63, 3.8) is 0 Å². The minimum atomic E-state index is -1.13. The molecule has 2 bridgehead atoms. The molecular weight excluding hydrogens is 498 g/mol. The van der Waals surface area contributed by atoms with Gasteiger partial charge in [-0.3, -0.25) is 19.3 Å². The molecule has 4 saturated heterocycles. The highest BCUT2D eigenvalue weighted by Gasteiger charge is 2.77. The number of halogens is 1. The van der Waals surface area contributed by atoms with Crippen molar-refractivity contribution < 1.29 is 33.7 Å². The van der Waals surface area contributed by atoms with Crippen molar-refractivity contribution in [1.82, 2.24) is 15.1 Å². The zero-order chi connectivity index (χ0) is 23.8. The lowest BCUT2D eigenvalue weighted by Crippen LogP contribution is -2.58. The van der Waals surface area contributed by atoms with Crippen LogP contribution in [-0.4, -0.2) is 114 Å². The average molecular weight is 532 g/mol. The van der Waals surface area contributed by atoms with Crippen LogP contribution < -0.4 is 5.32 Å². The van der Waals surface area contributed by atoms with Gasteiger partial charge in [-0.15, -0.1) is 0 Å². The molecule has 7 atom stereocenters. The highest BCUT2D eigenvalue weighted by molar-refractivity contribution is 9.09. The molecule has 4 heterocycles. The van der Waals surface area contributed by atoms with Gasteiger partial charge in [-0.05, 0) is 19.8 Å². The molecule has 1 spiro atoms. The number of alkyl halides is 1. The summed E-state index contributed by atoms with van der Waals surface area (Å²) in [5.74, 6) is -2.68. The van der Waals surface area contributed by atoms with Gasteiger partial charge in [-0.25, -0.2) is 0 Å². The Labute approximate surface area is 202 Å². The van der Waals surface area contributed by atoms with Crippen LogP contribution in [0.15, 0.2) is 0 Å². The summed E-state index contributed by atoms with van der Waals surface area (Å²) in [5, 5.41) is 13.0. The first-order chi connectivity index (χ1) is 15.9. The molecule has 4 rings (SSSR count). The molecule has 4 aliphatic heterocycles. The lowest BCUT2D eigenvalue weighted by atomic mass is 9.70. The van der Waals surface area contributed by atoms with Crippen LogP contribution in [0.3, 0.4) is 0 Å². The molecule has 0 aromatic heterocycles. The van der Waals surface area contributed by atoms with Gasteiger partial charge in [0.2, 0.25) is 11.8 Å². The summed E-state index contributed by atoms with van der Waals surface area (Å²) in [6, 6.07) is -1.45. The molecule has 0 radical (unpaired) electrons. The van der Waals surface area contributed by atoms with Crippen LogP contribution in [0.2, 0.25) is 0 Å². The molecule has 0 aromatic rings. The third-order valence-electron chi connectivity index (χ3n) is 7.44. The summed E-state index contributed by atoms with van der Waals surface area (Å²) >= 11 is 3.62. The van der Waals surface area contributed by atoms with Gasteiger partial charge in [-0.2, -0.15) is 0 Å². The largest absolute Gasteiger partial charge is 0.466 e. The fourth-order valence-electron chi connectivity index (χ4n) is 5.94. The van der Waals surface area contributed by atoms with Crippen molar-refractivity contribution in [3.05, 3.63) is 0 Å². The molecule has 2 N–H and O–H groups in total. The standard InChI is InChI=1S/C22H34BrN3O7/c1-3-13(12-27)26-18(19(28)24-5-6-25-7-9-31-10-8-25)22-11-14(23)17(33-22)15(16(22)20(26)29)21(30)32-4-2/h13-18,27H,3-12H2,1-2H3,(H,24,28)/t13-,14?,15+,16-,17+,18+,22-/m0/s1. The SMILES string of the molecule is CCOC(=O)[C@H]1[C@@H]2O[C@@]3(CC2Br)[C@@H]1C(=O)N([C@@H](CC)CO)[C@@H]3C(=O)NCCN1CCOCC1. The molecule has 1 unspecified atom stereocenters. The van der Waals surface area contributed by atoms with Crippen LogP contribution in [0, 0.1) is 11.8 Å². The topological polar surface area (TPSA) is 118 Å². The number of fused-ring (bicyclic) bond motifs is 1. The van der Waals surface area contributed by atoms with Crippen LogP contribution in [0.4, 0.5) is 0 Å². The third kappa shape index (κ3) is 4.20. The Balaban J connectivity index is 1.59. The van der Waals surface area contributed by atoms with E-state index in [4.69, 9.17) is 14.2 Å². The smallest absolute Gasteiger partial charge is 0.312 e. The minimum absolute atomic E-state index is 0.172. The van der Waals surface area contributed by atoms with Crippen molar-refractivity contribution in [3.8, 4) is 0 Å². The lowest BCUT2D eigenvalue weighted by molar-refractivity contribution is -0.155. The van der Waals surface area contributed by atoms with E-state index < -0.39 is 41.6 Å². The number of ether oxygens (including phenoxy) is 3. The normalized spacial score (nSPS) is 36.7. The predicted molar refractivity (Wildman–Crippen MR) is 121 cm³/mol. The maximum atomic E-state index is 13.7. The number of aliphatic hydroxyl groups excluding tert-OH is 1. The van der Waals surface area contributed by atoms with Crippen molar-refractivity contribution in [2.45, 2.75) is 55.3 Å². The van der Waals surface area contributed by atoms with E-state index in [9.17, 15) is 19.5 Å². The monoisotopic (exact) mass is 531 g/mol. The summed E-state index contributed by atoms with van der Waals surface area (Å²) in [6.07, 6.45) is 0.385. The molecular formula is C22H34BrN3O7. The van der Waals surface area contributed by atoms with E-state index in [0.29, 0.717) is 39.1 Å². The molecule has 186 valence electrons. The molecule has 0 aromatic carbocycles. The second kappa shape index (κ2) is 10.2. The van der Waals surface area contributed by atoms with Crippen LogP contribution in [-0.2, 0) is 28.6 Å². The molecule has 4 fully saturated rings. The van der Waals surface area contributed by atoms with Gasteiger partial charge in [0.25, 0.3) is 0 Å². The van der Waals surface area contributed by atoms with Gasteiger partial charge in [0.15, 0.2) is 0 Å². The minimum Gasteiger partial charge on any atom is -0.466 e. The number of carbonyl (C=O) groups is 3. The number of aliphatic hydroxyl groups is 1. The second-order valence-electron chi connectivity index (χ2n) is 9.15. The fourth-order valence-corrected chi connectivity index (χ4v) is 6.88. The number of hydrogen-bond donors (Lipinski definition) is 2. The van der Waals surface area contributed by atoms with Gasteiger partial charge >= 0.3 is 5.97 Å². The number of hydrogen-bond acceptors (Lipinski definition) is 8. The quantitative estimate of drug-likeness (QED) is 0.302. The lowest BCUT2D eigenvalue weighted by Gasteiger charge is -2.36. The highest BCUT2D eigenvalue weighted by Crippen LogP contribution is 2.60. The van der Waals surface area contributed by atoms with Gasteiger partial charge in [0.1, 0.15) is 11.6 Å². The fraction of sp³-hybridized carbons (Fsp3) is 0.864. The maximum absolute atomic E-state index is 13.7. The number of likely N-dealkylation sites (tertiary alicyclic amines) is 1. The Kier molecular flexibility index (Phi) is 7.64. The van der Waals surface area contributed by atoms with Crippen molar-refractivity contribution in [1.29, 1.82) is 0 Å². The summed E-state index contributed by atoms with van der Waals surface area (Å²) in [5.41, 5.74) is -1.13. The van der Waals surface area contributed by atoms with E-state index in [2.05, 4.69) is 26.1 Å². The number of rotatable bonds is 9. The Morgan fingerprint density at radius 2 is 2.06 bits per heavy atom. The number of esters is 1. The number of amides is 2. The van der Waals surface area contributed by atoms with Crippen LogP contribution in [0.5, 0.6) is 0 Å². The second-order valence-corrected chi connectivity index (χ2v) is 10.3. The molecule has 0 saturated carbocycles. The molecule has 2 amide bonds. The van der Waals surface area contributed by atoms with E-state index in [-0.39, 0.29) is 29.9 Å².